The van der Waals surface area contributed by atoms with Gasteiger partial charge in [0.25, 0.3) is 0 Å². The summed E-state index contributed by atoms with van der Waals surface area (Å²) in [6.07, 6.45) is 0. The summed E-state index contributed by atoms with van der Waals surface area (Å²) in [6, 6.07) is 9.60. The molecule has 0 fully saturated rings. The minimum atomic E-state index is 0. The van der Waals surface area contributed by atoms with Crippen molar-refractivity contribution in [3.63, 3.8) is 0 Å². The van der Waals surface area contributed by atoms with Gasteiger partial charge in [-0.25, -0.2) is 0 Å². The third-order valence-corrected chi connectivity index (χ3v) is 1.73. The topological polar surface area (TPSA) is 70.8 Å². The molecule has 0 spiro atoms. The fourth-order valence-corrected chi connectivity index (χ4v) is 0.985. The van der Waals surface area contributed by atoms with Gasteiger partial charge in [-0.05, 0) is 30.2 Å². The van der Waals surface area contributed by atoms with Crippen molar-refractivity contribution >= 4 is 5.69 Å². The second-order valence-corrected chi connectivity index (χ2v) is 3.46. The molecule has 14 heavy (non-hydrogen) atoms. The molecule has 0 aliphatic heterocycles. The molecule has 0 aliphatic rings. The van der Waals surface area contributed by atoms with E-state index >= 15 is 0 Å². The molecule has 0 saturated heterocycles. The van der Waals surface area contributed by atoms with Gasteiger partial charge in [0.15, 0.2) is 0 Å². The van der Waals surface area contributed by atoms with Gasteiger partial charge in [-0.3, -0.25) is 0 Å². The Morgan fingerprint density at radius 1 is 1.29 bits per heavy atom. The van der Waals surface area contributed by atoms with Gasteiger partial charge in [0, 0.05) is 12.2 Å². The Balaban J connectivity index is 0.00000169. The Hall–Kier alpha value is -1.53. The Morgan fingerprint density at radius 3 is 2.29 bits per heavy atom. The number of nitriles is 1. The minimum Gasteiger partial charge on any atom is -0.385 e. The van der Waals surface area contributed by atoms with Gasteiger partial charge in [0.2, 0.25) is 0 Å². The third-order valence-electron chi connectivity index (χ3n) is 1.73. The van der Waals surface area contributed by atoms with E-state index in [9.17, 15) is 0 Å². The second kappa shape index (κ2) is 6.01. The Morgan fingerprint density at radius 2 is 1.86 bits per heavy atom. The van der Waals surface area contributed by atoms with Crippen LogP contribution in [0, 0.1) is 17.2 Å². The van der Waals surface area contributed by atoms with Gasteiger partial charge in [-0.15, -0.1) is 0 Å². The van der Waals surface area contributed by atoms with Gasteiger partial charge in [-0.2, -0.15) is 5.26 Å². The molecule has 0 heterocycles. The molecule has 3 heteroatoms. The quantitative estimate of drug-likeness (QED) is 0.771. The molecule has 0 saturated carbocycles. The summed E-state index contributed by atoms with van der Waals surface area (Å²) in [5.41, 5.74) is 1.78. The molecule has 4 N–H and O–H groups in total. The second-order valence-electron chi connectivity index (χ2n) is 3.46. The van der Waals surface area contributed by atoms with E-state index in [0.29, 0.717) is 11.5 Å². The van der Waals surface area contributed by atoms with Crippen LogP contribution in [0.2, 0.25) is 0 Å². The van der Waals surface area contributed by atoms with Crippen molar-refractivity contribution in [2.45, 2.75) is 13.8 Å². The van der Waals surface area contributed by atoms with E-state index in [2.05, 4.69) is 25.2 Å². The minimum absolute atomic E-state index is 0. The lowest BCUT2D eigenvalue weighted by Gasteiger charge is -2.08. The first-order valence-electron chi connectivity index (χ1n) is 4.46. The number of nitrogens with one attached hydrogen (secondary N) is 1. The lowest BCUT2D eigenvalue weighted by atomic mass is 10.2. The van der Waals surface area contributed by atoms with Crippen LogP contribution in [0.15, 0.2) is 24.3 Å². The Bertz CT molecular complexity index is 295. The van der Waals surface area contributed by atoms with Crippen molar-refractivity contribution < 1.29 is 0 Å². The molecule has 0 atom stereocenters. The first-order valence-corrected chi connectivity index (χ1v) is 4.46. The Kier molecular flexibility index (Phi) is 5.35. The zero-order valence-electron chi connectivity index (χ0n) is 8.75. The fourth-order valence-electron chi connectivity index (χ4n) is 0.985. The molecule has 1 rings (SSSR count). The highest BCUT2D eigenvalue weighted by atomic mass is 14.9. The van der Waals surface area contributed by atoms with Crippen LogP contribution < -0.4 is 11.5 Å². The molecule has 0 bridgehead atoms. The van der Waals surface area contributed by atoms with E-state index in [0.717, 1.165) is 12.2 Å². The maximum Gasteiger partial charge on any atom is 0.0991 e. The predicted octanol–water partition coefficient (Wildman–Crippen LogP) is 2.79. The number of benzene rings is 1. The fraction of sp³-hybridized carbons (Fsp3) is 0.364. The van der Waals surface area contributed by atoms with Crippen molar-refractivity contribution in [1.29, 1.82) is 5.26 Å². The van der Waals surface area contributed by atoms with E-state index in [1.807, 2.05) is 24.3 Å². The molecule has 1 aromatic carbocycles. The van der Waals surface area contributed by atoms with Gasteiger partial charge in [0.1, 0.15) is 0 Å². The summed E-state index contributed by atoms with van der Waals surface area (Å²) in [5.74, 6) is 0.635. The van der Waals surface area contributed by atoms with Crippen LogP contribution >= 0.6 is 0 Å². The SMILES string of the molecule is CC(C)CNc1ccc(C#N)cc1.N. The molecular formula is C11H17N3. The monoisotopic (exact) mass is 191 g/mol. The zero-order valence-corrected chi connectivity index (χ0v) is 8.75. The van der Waals surface area contributed by atoms with Crippen LogP contribution in [0.1, 0.15) is 19.4 Å². The number of anilines is 1. The molecule has 0 amide bonds. The Labute approximate surface area is 85.3 Å². The van der Waals surface area contributed by atoms with E-state index < -0.39 is 0 Å². The third kappa shape index (κ3) is 3.92. The number of rotatable bonds is 3. The molecule has 0 aromatic heterocycles. The highest BCUT2D eigenvalue weighted by Crippen LogP contribution is 2.09. The number of hydrogen-bond donors (Lipinski definition) is 2. The summed E-state index contributed by atoms with van der Waals surface area (Å²) < 4.78 is 0. The van der Waals surface area contributed by atoms with Crippen LogP contribution in [0.5, 0.6) is 0 Å². The van der Waals surface area contributed by atoms with Crippen molar-refractivity contribution in [2.75, 3.05) is 11.9 Å². The lowest BCUT2D eigenvalue weighted by Crippen LogP contribution is -2.07. The molecule has 0 unspecified atom stereocenters. The van der Waals surface area contributed by atoms with Gasteiger partial charge in [0.05, 0.1) is 11.6 Å². The summed E-state index contributed by atoms with van der Waals surface area (Å²) in [5, 5.41) is 11.9. The standard InChI is InChI=1S/C11H14N2.H3N/c1-9(2)8-13-11-5-3-10(7-12)4-6-11;/h3-6,9,13H,8H2,1-2H3;1H3. The maximum atomic E-state index is 8.58. The average Bonchev–Trinajstić information content (AvgIpc) is 2.15. The van der Waals surface area contributed by atoms with Crippen LogP contribution in [0.3, 0.4) is 0 Å². The summed E-state index contributed by atoms with van der Waals surface area (Å²) in [7, 11) is 0. The smallest absolute Gasteiger partial charge is 0.0991 e. The molecule has 3 nitrogen and oxygen atoms in total. The summed E-state index contributed by atoms with van der Waals surface area (Å²) in [4.78, 5) is 0. The summed E-state index contributed by atoms with van der Waals surface area (Å²) >= 11 is 0. The van der Waals surface area contributed by atoms with Crippen LogP contribution in [-0.4, -0.2) is 6.54 Å². The predicted molar refractivity (Wildman–Crippen MR) is 59.5 cm³/mol. The highest BCUT2D eigenvalue weighted by molar-refractivity contribution is 5.47. The van der Waals surface area contributed by atoms with Crippen molar-refractivity contribution in [1.82, 2.24) is 6.15 Å². The van der Waals surface area contributed by atoms with Crippen molar-refractivity contribution in [2.24, 2.45) is 5.92 Å². The normalized spacial score (nSPS) is 9.00. The molecule has 1 aromatic rings. The van der Waals surface area contributed by atoms with Crippen LogP contribution in [-0.2, 0) is 0 Å². The van der Waals surface area contributed by atoms with Gasteiger partial charge in [-0.1, -0.05) is 13.8 Å². The van der Waals surface area contributed by atoms with E-state index in [1.54, 1.807) is 0 Å². The van der Waals surface area contributed by atoms with E-state index in [-0.39, 0.29) is 6.15 Å². The first kappa shape index (κ1) is 12.5. The van der Waals surface area contributed by atoms with Crippen molar-refractivity contribution in [3.8, 4) is 6.07 Å². The highest BCUT2D eigenvalue weighted by Gasteiger charge is 1.94. The van der Waals surface area contributed by atoms with E-state index in [4.69, 9.17) is 5.26 Å². The molecular weight excluding hydrogens is 174 g/mol. The largest absolute Gasteiger partial charge is 0.385 e. The molecule has 0 aliphatic carbocycles. The molecule has 76 valence electrons. The van der Waals surface area contributed by atoms with Gasteiger partial charge >= 0.3 is 0 Å². The first-order chi connectivity index (χ1) is 6.22. The lowest BCUT2D eigenvalue weighted by molar-refractivity contribution is 0.689. The number of nitrogens with zero attached hydrogens (tertiary/aromatic N) is 1. The average molecular weight is 191 g/mol. The molecule has 0 radical (unpaired) electrons. The van der Waals surface area contributed by atoms with E-state index in [1.165, 1.54) is 0 Å². The maximum absolute atomic E-state index is 8.58. The van der Waals surface area contributed by atoms with Crippen LogP contribution in [0.25, 0.3) is 0 Å². The van der Waals surface area contributed by atoms with Crippen LogP contribution in [0.4, 0.5) is 5.69 Å². The zero-order chi connectivity index (χ0) is 9.68. The van der Waals surface area contributed by atoms with Gasteiger partial charge < -0.3 is 11.5 Å². The number of hydrogen-bond acceptors (Lipinski definition) is 3. The van der Waals surface area contributed by atoms with Crippen molar-refractivity contribution in [3.05, 3.63) is 29.8 Å². The summed E-state index contributed by atoms with van der Waals surface area (Å²) in [6.45, 7) is 5.29.